The maximum atomic E-state index is 14.1. The number of rotatable bonds is 7. The Morgan fingerprint density at radius 1 is 0.865 bits per heavy atom. The zero-order chi connectivity index (χ0) is 25.9. The van der Waals surface area contributed by atoms with E-state index in [0.717, 1.165) is 21.2 Å². The number of carbonyl (C=O) groups is 1. The van der Waals surface area contributed by atoms with Gasteiger partial charge in [0, 0.05) is 35.3 Å². The van der Waals surface area contributed by atoms with Gasteiger partial charge < -0.3 is 14.5 Å². The molecular formula is C29H24BrN3O4. The van der Waals surface area contributed by atoms with Gasteiger partial charge in [0.1, 0.15) is 11.9 Å². The van der Waals surface area contributed by atoms with Crippen LogP contribution in [0.3, 0.4) is 0 Å². The topological polar surface area (TPSA) is 75.9 Å². The highest BCUT2D eigenvalue weighted by atomic mass is 79.9. The summed E-state index contributed by atoms with van der Waals surface area (Å²) in [5.41, 5.74) is 3.61. The molecule has 0 fully saturated rings. The molecule has 37 heavy (non-hydrogen) atoms. The van der Waals surface area contributed by atoms with Gasteiger partial charge in [-0.1, -0.05) is 76.6 Å². The molecule has 0 N–H and O–H groups in total. The molecule has 1 aliphatic rings. The van der Waals surface area contributed by atoms with Crippen LogP contribution in [0.25, 0.3) is 0 Å². The van der Waals surface area contributed by atoms with Gasteiger partial charge in [-0.2, -0.15) is 0 Å². The van der Waals surface area contributed by atoms with Crippen molar-refractivity contribution >= 4 is 33.2 Å². The van der Waals surface area contributed by atoms with Crippen LogP contribution in [0, 0.1) is 10.1 Å². The fourth-order valence-corrected chi connectivity index (χ4v) is 5.14. The van der Waals surface area contributed by atoms with Gasteiger partial charge in [-0.3, -0.25) is 14.9 Å². The van der Waals surface area contributed by atoms with E-state index in [0.29, 0.717) is 30.1 Å². The van der Waals surface area contributed by atoms with Crippen LogP contribution in [0.15, 0.2) is 102 Å². The Morgan fingerprint density at radius 3 is 2.08 bits per heavy atom. The summed E-state index contributed by atoms with van der Waals surface area (Å²) in [4.78, 5) is 29.1. The van der Waals surface area contributed by atoms with Crippen LogP contribution in [0.4, 0.5) is 11.4 Å². The minimum absolute atomic E-state index is 0.120. The Balaban J connectivity index is 1.74. The standard InChI is InChI=1S/C29H24BrN3O4/c1-37-27-15-12-22(30)16-25(27)28-31(18-20-8-4-2-5-9-20)26-14-13-23(33(35)36)17-24(26)29(34)32(28)19-21-10-6-3-7-11-21/h2-17,28H,18-19H2,1H3/t28-/m0/s1. The van der Waals surface area contributed by atoms with Gasteiger partial charge in [-0.05, 0) is 35.4 Å². The largest absolute Gasteiger partial charge is 0.496 e. The maximum Gasteiger partial charge on any atom is 0.270 e. The normalized spacial score (nSPS) is 14.9. The number of amides is 1. The second-order valence-electron chi connectivity index (χ2n) is 8.75. The monoisotopic (exact) mass is 557 g/mol. The van der Waals surface area contributed by atoms with Crippen molar-refractivity contribution in [2.75, 3.05) is 12.0 Å². The van der Waals surface area contributed by atoms with Crippen LogP contribution in [0.2, 0.25) is 0 Å². The van der Waals surface area contributed by atoms with E-state index in [1.807, 2.05) is 78.9 Å². The van der Waals surface area contributed by atoms with Gasteiger partial charge in [0.05, 0.1) is 23.3 Å². The minimum atomic E-state index is -0.533. The molecule has 1 atom stereocenters. The van der Waals surface area contributed by atoms with Crippen molar-refractivity contribution in [2.45, 2.75) is 19.3 Å². The number of nitro groups is 1. The predicted octanol–water partition coefficient (Wildman–Crippen LogP) is 6.73. The van der Waals surface area contributed by atoms with E-state index < -0.39 is 11.1 Å². The molecule has 4 aromatic rings. The minimum Gasteiger partial charge on any atom is -0.496 e. The number of hydrogen-bond donors (Lipinski definition) is 0. The highest BCUT2D eigenvalue weighted by molar-refractivity contribution is 9.10. The molecule has 8 heteroatoms. The predicted molar refractivity (Wildman–Crippen MR) is 145 cm³/mol. The first-order valence-corrected chi connectivity index (χ1v) is 12.5. The fraction of sp³-hybridized carbons (Fsp3) is 0.138. The molecular weight excluding hydrogens is 534 g/mol. The number of benzene rings is 4. The third-order valence-corrected chi connectivity index (χ3v) is 6.94. The smallest absolute Gasteiger partial charge is 0.270 e. The molecule has 0 aliphatic carbocycles. The first-order valence-electron chi connectivity index (χ1n) is 11.7. The molecule has 0 spiro atoms. The van der Waals surface area contributed by atoms with Crippen molar-refractivity contribution in [3.8, 4) is 5.75 Å². The molecule has 0 unspecified atom stereocenters. The number of hydrogen-bond acceptors (Lipinski definition) is 5. The van der Waals surface area contributed by atoms with Crippen molar-refractivity contribution in [1.29, 1.82) is 0 Å². The number of non-ortho nitro benzene ring substituents is 1. The van der Waals surface area contributed by atoms with Crippen molar-refractivity contribution in [1.82, 2.24) is 4.90 Å². The number of fused-ring (bicyclic) bond motifs is 1. The molecule has 1 heterocycles. The highest BCUT2D eigenvalue weighted by Gasteiger charge is 2.41. The number of anilines is 1. The van der Waals surface area contributed by atoms with E-state index >= 15 is 0 Å². The zero-order valence-electron chi connectivity index (χ0n) is 20.1. The molecule has 1 aliphatic heterocycles. The van der Waals surface area contributed by atoms with Gasteiger partial charge >= 0.3 is 0 Å². The molecule has 186 valence electrons. The van der Waals surface area contributed by atoms with E-state index in [1.54, 1.807) is 18.1 Å². The summed E-state index contributed by atoms with van der Waals surface area (Å²) in [6, 6.07) is 29.9. The quantitative estimate of drug-likeness (QED) is 0.186. The van der Waals surface area contributed by atoms with E-state index in [4.69, 9.17) is 4.74 Å². The number of nitrogens with zero attached hydrogens (tertiary/aromatic N) is 3. The van der Waals surface area contributed by atoms with Crippen LogP contribution >= 0.6 is 15.9 Å². The second-order valence-corrected chi connectivity index (χ2v) is 9.67. The van der Waals surface area contributed by atoms with Gasteiger partial charge in [-0.15, -0.1) is 0 Å². The van der Waals surface area contributed by atoms with Crippen LogP contribution in [0.1, 0.15) is 33.2 Å². The molecule has 1 amide bonds. The summed E-state index contributed by atoms with van der Waals surface area (Å²) in [5, 5.41) is 11.6. The Morgan fingerprint density at radius 2 is 1.49 bits per heavy atom. The fourth-order valence-electron chi connectivity index (χ4n) is 4.76. The maximum absolute atomic E-state index is 14.1. The first-order chi connectivity index (χ1) is 18.0. The molecule has 5 rings (SSSR count). The van der Waals surface area contributed by atoms with E-state index in [1.165, 1.54) is 12.1 Å². The molecule has 7 nitrogen and oxygen atoms in total. The molecule has 0 saturated heterocycles. The summed E-state index contributed by atoms with van der Waals surface area (Å²) in [6.07, 6.45) is -0.533. The van der Waals surface area contributed by atoms with Crippen LogP contribution in [0.5, 0.6) is 5.75 Å². The van der Waals surface area contributed by atoms with Crippen molar-refractivity contribution < 1.29 is 14.5 Å². The third-order valence-electron chi connectivity index (χ3n) is 6.44. The van der Waals surface area contributed by atoms with Crippen molar-refractivity contribution in [2.24, 2.45) is 0 Å². The lowest BCUT2D eigenvalue weighted by atomic mass is 9.98. The SMILES string of the molecule is COc1ccc(Br)cc1[C@@H]1N(Cc2ccccc2)C(=O)c2cc([N+](=O)[O-])ccc2N1Cc1ccccc1. The summed E-state index contributed by atoms with van der Waals surface area (Å²) in [5.74, 6) is 0.362. The molecule has 0 radical (unpaired) electrons. The average Bonchev–Trinajstić information content (AvgIpc) is 2.92. The number of ether oxygens (including phenoxy) is 1. The zero-order valence-corrected chi connectivity index (χ0v) is 21.7. The van der Waals surface area contributed by atoms with E-state index in [-0.39, 0.29) is 11.6 Å². The first kappa shape index (κ1) is 24.5. The summed E-state index contributed by atoms with van der Waals surface area (Å²) >= 11 is 3.59. The Kier molecular flexibility index (Phi) is 6.92. The Hall–Kier alpha value is -4.17. The second kappa shape index (κ2) is 10.4. The Bertz CT molecular complexity index is 1450. The third kappa shape index (κ3) is 4.93. The highest BCUT2D eigenvalue weighted by Crippen LogP contribution is 2.44. The van der Waals surface area contributed by atoms with E-state index in [2.05, 4.69) is 20.8 Å². The number of carbonyl (C=O) groups excluding carboxylic acids is 1. The lowest BCUT2D eigenvalue weighted by Gasteiger charge is -2.46. The van der Waals surface area contributed by atoms with Gasteiger partial charge in [0.15, 0.2) is 0 Å². The van der Waals surface area contributed by atoms with Crippen molar-refractivity contribution in [3.63, 3.8) is 0 Å². The molecule has 4 aromatic carbocycles. The van der Waals surface area contributed by atoms with Crippen LogP contribution < -0.4 is 9.64 Å². The van der Waals surface area contributed by atoms with Gasteiger partial charge in [0.25, 0.3) is 11.6 Å². The van der Waals surface area contributed by atoms with Crippen LogP contribution in [-0.2, 0) is 13.1 Å². The summed E-state index contributed by atoms with van der Waals surface area (Å²) < 4.78 is 6.60. The van der Waals surface area contributed by atoms with Crippen LogP contribution in [-0.4, -0.2) is 22.8 Å². The summed E-state index contributed by atoms with van der Waals surface area (Å²) in [6.45, 7) is 0.790. The van der Waals surface area contributed by atoms with Gasteiger partial charge in [-0.25, -0.2) is 0 Å². The molecule has 0 bridgehead atoms. The lowest BCUT2D eigenvalue weighted by molar-refractivity contribution is -0.384. The number of nitro benzene ring substituents is 1. The Labute approximate surface area is 223 Å². The summed E-state index contributed by atoms with van der Waals surface area (Å²) in [7, 11) is 1.61. The molecule has 0 saturated carbocycles. The number of halogens is 1. The van der Waals surface area contributed by atoms with Gasteiger partial charge in [0.2, 0.25) is 0 Å². The average molecular weight is 558 g/mol. The van der Waals surface area contributed by atoms with Crippen molar-refractivity contribution in [3.05, 3.63) is 134 Å². The van der Waals surface area contributed by atoms with E-state index in [9.17, 15) is 14.9 Å². The lowest BCUT2D eigenvalue weighted by Crippen LogP contribution is -2.49. The number of methoxy groups -OCH3 is 1. The molecule has 0 aromatic heterocycles.